The Morgan fingerprint density at radius 2 is 1.79 bits per heavy atom. The first-order chi connectivity index (χ1) is 13.7. The predicted octanol–water partition coefficient (Wildman–Crippen LogP) is 2.71. The van der Waals surface area contributed by atoms with Gasteiger partial charge in [-0.1, -0.05) is 12.1 Å². The maximum atomic E-state index is 13.3. The van der Waals surface area contributed by atoms with Crippen molar-refractivity contribution in [2.45, 2.75) is 43.2 Å². The Labute approximate surface area is 171 Å². The normalized spacial score (nSPS) is 19.5. The maximum absolute atomic E-state index is 13.3. The minimum Gasteiger partial charge on any atom is -0.497 e. The number of hydrogen-bond donors (Lipinski definition) is 2. The van der Waals surface area contributed by atoms with Gasteiger partial charge < -0.3 is 15.2 Å². The molecule has 1 aliphatic rings. The SMILES string of the molecule is COc1ccc(C(C)(O)C2CCCN2S(=O)(=O)c2ccc(NC(C)=O)cc2)cc1. The molecule has 0 spiro atoms. The molecule has 156 valence electrons. The second-order valence-corrected chi connectivity index (χ2v) is 9.25. The number of aliphatic hydroxyl groups is 1. The fourth-order valence-corrected chi connectivity index (χ4v) is 5.53. The Balaban J connectivity index is 1.89. The van der Waals surface area contributed by atoms with Gasteiger partial charge in [0.2, 0.25) is 15.9 Å². The zero-order valence-electron chi connectivity index (χ0n) is 16.8. The van der Waals surface area contributed by atoms with E-state index in [0.717, 1.165) is 0 Å². The molecule has 3 rings (SSSR count). The Morgan fingerprint density at radius 1 is 1.17 bits per heavy atom. The third-order valence-electron chi connectivity index (χ3n) is 5.31. The van der Waals surface area contributed by atoms with Gasteiger partial charge in [-0.15, -0.1) is 0 Å². The van der Waals surface area contributed by atoms with Crippen molar-refractivity contribution in [2.75, 3.05) is 19.0 Å². The van der Waals surface area contributed by atoms with Gasteiger partial charge in [0.15, 0.2) is 0 Å². The highest BCUT2D eigenvalue weighted by atomic mass is 32.2. The van der Waals surface area contributed by atoms with E-state index >= 15 is 0 Å². The van der Waals surface area contributed by atoms with Crippen molar-refractivity contribution in [3.8, 4) is 5.75 Å². The standard InChI is InChI=1S/C21H26N2O5S/c1-15(24)22-17-8-12-19(13-9-17)29(26,27)23-14-4-5-20(23)21(2,25)16-6-10-18(28-3)11-7-16/h6-13,20,25H,4-5,14H2,1-3H3,(H,22,24). The van der Waals surface area contributed by atoms with Crippen LogP contribution in [0.2, 0.25) is 0 Å². The van der Waals surface area contributed by atoms with Crippen LogP contribution in [0.25, 0.3) is 0 Å². The summed E-state index contributed by atoms with van der Waals surface area (Å²) in [5.74, 6) is 0.440. The molecule has 1 amide bonds. The molecular formula is C21H26N2O5S. The van der Waals surface area contributed by atoms with E-state index in [1.165, 1.54) is 23.4 Å². The molecule has 2 unspecified atom stereocenters. The summed E-state index contributed by atoms with van der Waals surface area (Å²) in [5, 5.41) is 13.9. The molecule has 2 aromatic rings. The quantitative estimate of drug-likeness (QED) is 0.752. The van der Waals surface area contributed by atoms with Crippen molar-refractivity contribution in [2.24, 2.45) is 0 Å². The van der Waals surface area contributed by atoms with E-state index in [4.69, 9.17) is 4.74 Å². The number of carbonyl (C=O) groups excluding carboxylic acids is 1. The lowest BCUT2D eigenvalue weighted by Crippen LogP contribution is -2.48. The first-order valence-electron chi connectivity index (χ1n) is 9.42. The van der Waals surface area contributed by atoms with Crippen LogP contribution in [-0.4, -0.2) is 43.4 Å². The van der Waals surface area contributed by atoms with Crippen LogP contribution >= 0.6 is 0 Å². The molecule has 0 aliphatic carbocycles. The monoisotopic (exact) mass is 418 g/mol. The molecule has 1 heterocycles. The molecule has 1 fully saturated rings. The molecule has 7 nitrogen and oxygen atoms in total. The van der Waals surface area contributed by atoms with Crippen molar-refractivity contribution >= 4 is 21.6 Å². The van der Waals surface area contributed by atoms with Crippen LogP contribution in [0.1, 0.15) is 32.3 Å². The van der Waals surface area contributed by atoms with E-state index in [0.29, 0.717) is 36.4 Å². The lowest BCUT2D eigenvalue weighted by molar-refractivity contribution is -0.114. The van der Waals surface area contributed by atoms with Crippen molar-refractivity contribution in [1.29, 1.82) is 0 Å². The summed E-state index contributed by atoms with van der Waals surface area (Å²) in [6.45, 7) is 3.38. The van der Waals surface area contributed by atoms with Crippen molar-refractivity contribution in [3.05, 3.63) is 54.1 Å². The zero-order chi connectivity index (χ0) is 21.2. The smallest absolute Gasteiger partial charge is 0.243 e. The summed E-state index contributed by atoms with van der Waals surface area (Å²) in [6, 6.07) is 12.5. The van der Waals surface area contributed by atoms with E-state index in [-0.39, 0.29) is 10.8 Å². The molecule has 8 heteroatoms. The number of nitrogens with one attached hydrogen (secondary N) is 1. The van der Waals surface area contributed by atoms with Gasteiger partial charge in [-0.05, 0) is 61.7 Å². The number of nitrogens with zero attached hydrogens (tertiary/aromatic N) is 1. The molecule has 2 atom stereocenters. The number of benzene rings is 2. The summed E-state index contributed by atoms with van der Waals surface area (Å²) < 4.78 is 33.1. The van der Waals surface area contributed by atoms with E-state index in [1.807, 2.05) is 0 Å². The predicted molar refractivity (Wildman–Crippen MR) is 110 cm³/mol. The lowest BCUT2D eigenvalue weighted by atomic mass is 9.87. The van der Waals surface area contributed by atoms with Crippen LogP contribution in [0.3, 0.4) is 0 Å². The van der Waals surface area contributed by atoms with E-state index < -0.39 is 21.7 Å². The molecule has 29 heavy (non-hydrogen) atoms. The van der Waals surface area contributed by atoms with Gasteiger partial charge >= 0.3 is 0 Å². The first-order valence-corrected chi connectivity index (χ1v) is 10.9. The number of ether oxygens (including phenoxy) is 1. The van der Waals surface area contributed by atoms with Crippen LogP contribution in [-0.2, 0) is 20.4 Å². The van der Waals surface area contributed by atoms with E-state index in [2.05, 4.69) is 5.32 Å². The highest BCUT2D eigenvalue weighted by Gasteiger charge is 2.45. The summed E-state index contributed by atoms with van der Waals surface area (Å²) in [6.07, 6.45) is 1.22. The lowest BCUT2D eigenvalue weighted by Gasteiger charge is -2.36. The third kappa shape index (κ3) is 4.29. The number of methoxy groups -OCH3 is 1. The average molecular weight is 419 g/mol. The summed E-state index contributed by atoms with van der Waals surface area (Å²) >= 11 is 0. The largest absolute Gasteiger partial charge is 0.497 e. The van der Waals surface area contributed by atoms with Gasteiger partial charge in [0.05, 0.1) is 18.0 Å². The number of carbonyl (C=O) groups is 1. The van der Waals surface area contributed by atoms with Crippen molar-refractivity contribution in [3.63, 3.8) is 0 Å². The van der Waals surface area contributed by atoms with Crippen LogP contribution in [0, 0.1) is 0 Å². The maximum Gasteiger partial charge on any atom is 0.243 e. The van der Waals surface area contributed by atoms with Gasteiger partial charge in [0, 0.05) is 19.2 Å². The molecule has 0 radical (unpaired) electrons. The number of amides is 1. The van der Waals surface area contributed by atoms with Crippen LogP contribution in [0.4, 0.5) is 5.69 Å². The Kier molecular flexibility index (Phi) is 5.97. The van der Waals surface area contributed by atoms with E-state index in [9.17, 15) is 18.3 Å². The Morgan fingerprint density at radius 3 is 2.34 bits per heavy atom. The summed E-state index contributed by atoms with van der Waals surface area (Å²) in [4.78, 5) is 11.3. The second kappa shape index (κ2) is 8.14. The van der Waals surface area contributed by atoms with E-state index in [1.54, 1.807) is 50.4 Å². The third-order valence-corrected chi connectivity index (χ3v) is 7.23. The first kappa shape index (κ1) is 21.3. The van der Waals surface area contributed by atoms with Gasteiger partial charge in [-0.25, -0.2) is 8.42 Å². The van der Waals surface area contributed by atoms with Gasteiger partial charge in [0.1, 0.15) is 11.4 Å². The van der Waals surface area contributed by atoms with Crippen molar-refractivity contribution in [1.82, 2.24) is 4.31 Å². The van der Waals surface area contributed by atoms with Gasteiger partial charge in [-0.2, -0.15) is 4.31 Å². The average Bonchev–Trinajstić information content (AvgIpc) is 3.20. The summed E-state index contributed by atoms with van der Waals surface area (Å²) in [5.41, 5.74) is -0.197. The summed E-state index contributed by atoms with van der Waals surface area (Å²) in [7, 11) is -2.24. The number of sulfonamides is 1. The molecule has 2 aromatic carbocycles. The Hall–Kier alpha value is -2.42. The Bertz CT molecular complexity index is 969. The zero-order valence-corrected chi connectivity index (χ0v) is 17.6. The number of rotatable bonds is 6. The molecule has 0 aromatic heterocycles. The van der Waals surface area contributed by atoms with Crippen molar-refractivity contribution < 1.29 is 23.1 Å². The second-order valence-electron chi connectivity index (χ2n) is 7.36. The highest BCUT2D eigenvalue weighted by Crippen LogP contribution is 2.38. The molecule has 1 saturated heterocycles. The molecule has 1 aliphatic heterocycles. The minimum atomic E-state index is -3.80. The fraction of sp³-hybridized carbons (Fsp3) is 0.381. The number of anilines is 1. The fourth-order valence-electron chi connectivity index (χ4n) is 3.76. The molecular weight excluding hydrogens is 392 g/mol. The van der Waals surface area contributed by atoms with Gasteiger partial charge in [0.25, 0.3) is 0 Å². The minimum absolute atomic E-state index is 0.129. The molecule has 2 N–H and O–H groups in total. The topological polar surface area (TPSA) is 95.9 Å². The van der Waals surface area contributed by atoms with Crippen LogP contribution < -0.4 is 10.1 Å². The van der Waals surface area contributed by atoms with Gasteiger partial charge in [-0.3, -0.25) is 4.79 Å². The van der Waals surface area contributed by atoms with Crippen LogP contribution in [0.5, 0.6) is 5.75 Å². The van der Waals surface area contributed by atoms with Crippen LogP contribution in [0.15, 0.2) is 53.4 Å². The highest BCUT2D eigenvalue weighted by molar-refractivity contribution is 7.89. The number of hydrogen-bond acceptors (Lipinski definition) is 5. The molecule has 0 saturated carbocycles. The molecule has 0 bridgehead atoms.